The van der Waals surface area contributed by atoms with E-state index < -0.39 is 0 Å². The summed E-state index contributed by atoms with van der Waals surface area (Å²) < 4.78 is 5.23. The molecule has 1 rings (SSSR count). The molecule has 0 aromatic carbocycles. The summed E-state index contributed by atoms with van der Waals surface area (Å²) in [6.45, 7) is 2.26. The Kier molecular flexibility index (Phi) is 7.39. The number of hydrogen-bond acceptors (Lipinski definition) is 2. The lowest BCUT2D eigenvalue weighted by Gasteiger charge is -2.19. The van der Waals surface area contributed by atoms with Gasteiger partial charge in [-0.05, 0) is 32.1 Å². The number of rotatable bonds is 5. The molecule has 0 saturated carbocycles. The Balaban J connectivity index is 2.08. The number of alkyl halides is 1. The van der Waals surface area contributed by atoms with Crippen LogP contribution in [0.4, 0.5) is 4.79 Å². The number of likely N-dealkylation sites (tertiary alicyclic amines) is 1. The first-order chi connectivity index (χ1) is 7.84. The summed E-state index contributed by atoms with van der Waals surface area (Å²) in [7, 11) is 0. The third kappa shape index (κ3) is 5.59. The van der Waals surface area contributed by atoms with Crippen LogP contribution in [-0.4, -0.2) is 36.6 Å². The molecule has 1 fully saturated rings. The van der Waals surface area contributed by atoms with Gasteiger partial charge >= 0.3 is 6.09 Å². The zero-order chi connectivity index (χ0) is 11.6. The van der Waals surface area contributed by atoms with E-state index in [1.54, 1.807) is 0 Å². The van der Waals surface area contributed by atoms with Crippen LogP contribution in [0.25, 0.3) is 0 Å². The Morgan fingerprint density at radius 3 is 2.38 bits per heavy atom. The van der Waals surface area contributed by atoms with Crippen molar-refractivity contribution in [1.29, 1.82) is 0 Å². The largest absolute Gasteiger partial charge is 0.449 e. The van der Waals surface area contributed by atoms with E-state index >= 15 is 0 Å². The maximum absolute atomic E-state index is 11.7. The summed E-state index contributed by atoms with van der Waals surface area (Å²) in [5, 5.41) is 0. The lowest BCUT2D eigenvalue weighted by atomic mass is 10.2. The van der Waals surface area contributed by atoms with Gasteiger partial charge in [-0.2, -0.15) is 0 Å². The van der Waals surface area contributed by atoms with Gasteiger partial charge in [0.1, 0.15) is 0 Å². The second-order valence-corrected chi connectivity index (χ2v) is 4.64. The van der Waals surface area contributed by atoms with Crippen LogP contribution >= 0.6 is 11.6 Å². The molecule has 0 atom stereocenters. The van der Waals surface area contributed by atoms with Crippen molar-refractivity contribution in [2.45, 2.75) is 44.9 Å². The van der Waals surface area contributed by atoms with Crippen molar-refractivity contribution in [1.82, 2.24) is 4.90 Å². The van der Waals surface area contributed by atoms with E-state index in [0.717, 1.165) is 45.2 Å². The van der Waals surface area contributed by atoms with E-state index in [9.17, 15) is 4.79 Å². The molecule has 1 saturated heterocycles. The third-order valence-corrected chi connectivity index (χ3v) is 3.14. The van der Waals surface area contributed by atoms with Gasteiger partial charge in [-0.1, -0.05) is 12.8 Å². The molecule has 0 bridgehead atoms. The Morgan fingerprint density at radius 1 is 1.06 bits per heavy atom. The van der Waals surface area contributed by atoms with E-state index in [1.165, 1.54) is 12.8 Å². The van der Waals surface area contributed by atoms with Crippen molar-refractivity contribution >= 4 is 17.7 Å². The molecular weight excluding hydrogens is 226 g/mol. The molecule has 0 spiro atoms. The van der Waals surface area contributed by atoms with Crippen LogP contribution in [0.2, 0.25) is 0 Å². The quantitative estimate of drug-likeness (QED) is 0.550. The van der Waals surface area contributed by atoms with Gasteiger partial charge in [0.2, 0.25) is 0 Å². The zero-order valence-corrected chi connectivity index (χ0v) is 10.7. The first kappa shape index (κ1) is 13.6. The predicted molar refractivity (Wildman–Crippen MR) is 66.0 cm³/mol. The van der Waals surface area contributed by atoms with Crippen LogP contribution in [0.3, 0.4) is 0 Å². The third-order valence-electron chi connectivity index (χ3n) is 2.87. The highest BCUT2D eigenvalue weighted by Crippen LogP contribution is 2.10. The van der Waals surface area contributed by atoms with Gasteiger partial charge in [-0.3, -0.25) is 0 Å². The van der Waals surface area contributed by atoms with Gasteiger partial charge in [0.05, 0.1) is 6.61 Å². The molecule has 0 aromatic heterocycles. The Bertz CT molecular complexity index is 191. The lowest BCUT2D eigenvalue weighted by molar-refractivity contribution is 0.102. The number of amides is 1. The highest BCUT2D eigenvalue weighted by molar-refractivity contribution is 6.17. The SMILES string of the molecule is O=C(OCCCCCCl)N1CCCCCC1. The number of nitrogens with zero attached hydrogens (tertiary/aromatic N) is 1. The highest BCUT2D eigenvalue weighted by atomic mass is 35.5. The summed E-state index contributed by atoms with van der Waals surface area (Å²) >= 11 is 5.57. The van der Waals surface area contributed by atoms with Crippen LogP contribution in [-0.2, 0) is 4.74 Å². The van der Waals surface area contributed by atoms with Gasteiger partial charge < -0.3 is 9.64 Å². The predicted octanol–water partition coefficient (Wildman–Crippen LogP) is 3.41. The summed E-state index contributed by atoms with van der Waals surface area (Å²) in [6, 6.07) is 0. The maximum Gasteiger partial charge on any atom is 0.409 e. The molecule has 1 aliphatic rings. The van der Waals surface area contributed by atoms with Crippen LogP contribution in [0.1, 0.15) is 44.9 Å². The molecule has 0 unspecified atom stereocenters. The van der Waals surface area contributed by atoms with Gasteiger partial charge in [0.15, 0.2) is 0 Å². The molecule has 3 nitrogen and oxygen atoms in total. The van der Waals surface area contributed by atoms with E-state index in [4.69, 9.17) is 16.3 Å². The summed E-state index contributed by atoms with van der Waals surface area (Å²) in [6.07, 6.45) is 7.53. The first-order valence-electron chi connectivity index (χ1n) is 6.32. The van der Waals surface area contributed by atoms with Crippen LogP contribution in [0.15, 0.2) is 0 Å². The number of unbranched alkanes of at least 4 members (excludes halogenated alkanes) is 2. The van der Waals surface area contributed by atoms with Crippen LogP contribution in [0.5, 0.6) is 0 Å². The van der Waals surface area contributed by atoms with Crippen molar-refractivity contribution in [3.05, 3.63) is 0 Å². The van der Waals surface area contributed by atoms with E-state index in [2.05, 4.69) is 0 Å². The minimum absolute atomic E-state index is 0.132. The minimum atomic E-state index is -0.132. The monoisotopic (exact) mass is 247 g/mol. The van der Waals surface area contributed by atoms with Crippen molar-refractivity contribution in [3.63, 3.8) is 0 Å². The Morgan fingerprint density at radius 2 is 1.75 bits per heavy atom. The molecule has 16 heavy (non-hydrogen) atoms. The molecule has 4 heteroatoms. The number of halogens is 1. The minimum Gasteiger partial charge on any atom is -0.449 e. The number of hydrogen-bond donors (Lipinski definition) is 0. The van der Waals surface area contributed by atoms with Gasteiger partial charge in [-0.15, -0.1) is 11.6 Å². The van der Waals surface area contributed by atoms with Crippen molar-refractivity contribution in [2.75, 3.05) is 25.6 Å². The van der Waals surface area contributed by atoms with Crippen LogP contribution < -0.4 is 0 Å². The fourth-order valence-corrected chi connectivity index (χ4v) is 2.07. The lowest BCUT2D eigenvalue weighted by Crippen LogP contribution is -2.32. The van der Waals surface area contributed by atoms with Gasteiger partial charge in [0, 0.05) is 19.0 Å². The van der Waals surface area contributed by atoms with E-state index in [0.29, 0.717) is 12.5 Å². The summed E-state index contributed by atoms with van der Waals surface area (Å²) in [5.41, 5.74) is 0. The molecule has 1 aliphatic heterocycles. The second kappa shape index (κ2) is 8.68. The summed E-state index contributed by atoms with van der Waals surface area (Å²) in [4.78, 5) is 13.5. The topological polar surface area (TPSA) is 29.5 Å². The Hall–Kier alpha value is -0.440. The molecule has 0 N–H and O–H groups in total. The van der Waals surface area contributed by atoms with Gasteiger partial charge in [0.25, 0.3) is 0 Å². The smallest absolute Gasteiger partial charge is 0.409 e. The van der Waals surface area contributed by atoms with E-state index in [1.807, 2.05) is 4.90 Å². The van der Waals surface area contributed by atoms with Crippen molar-refractivity contribution in [2.24, 2.45) is 0 Å². The van der Waals surface area contributed by atoms with E-state index in [-0.39, 0.29) is 6.09 Å². The Labute approximate surface area is 103 Å². The average molecular weight is 248 g/mol. The number of carbonyl (C=O) groups is 1. The number of carbonyl (C=O) groups excluding carboxylic acids is 1. The molecule has 0 aromatic rings. The van der Waals surface area contributed by atoms with Crippen LogP contribution in [0, 0.1) is 0 Å². The standard InChI is InChI=1S/C12H22ClNO2/c13-8-4-3-7-11-16-12(15)14-9-5-1-2-6-10-14/h1-11H2. The first-order valence-corrected chi connectivity index (χ1v) is 6.85. The molecule has 1 heterocycles. The normalized spacial score (nSPS) is 16.9. The number of ether oxygens (including phenoxy) is 1. The van der Waals surface area contributed by atoms with Crippen molar-refractivity contribution < 1.29 is 9.53 Å². The summed E-state index contributed by atoms with van der Waals surface area (Å²) in [5.74, 6) is 0.695. The maximum atomic E-state index is 11.7. The molecular formula is C12H22ClNO2. The molecule has 94 valence electrons. The highest BCUT2D eigenvalue weighted by Gasteiger charge is 2.15. The molecule has 0 radical (unpaired) electrons. The zero-order valence-electron chi connectivity index (χ0n) is 9.92. The second-order valence-electron chi connectivity index (χ2n) is 4.27. The molecule has 0 aliphatic carbocycles. The fraction of sp³-hybridized carbons (Fsp3) is 0.917. The van der Waals surface area contributed by atoms with Gasteiger partial charge in [-0.25, -0.2) is 4.79 Å². The van der Waals surface area contributed by atoms with Crippen molar-refractivity contribution in [3.8, 4) is 0 Å². The fourth-order valence-electron chi connectivity index (χ4n) is 1.88. The average Bonchev–Trinajstić information content (AvgIpc) is 2.57. The molecule has 1 amide bonds.